The zero-order chi connectivity index (χ0) is 7.90. The van der Waals surface area contributed by atoms with Gasteiger partial charge in [0.15, 0.2) is 0 Å². The number of rotatable bonds is 0. The van der Waals surface area contributed by atoms with Gasteiger partial charge in [0.1, 0.15) is 5.54 Å². The predicted molar refractivity (Wildman–Crippen MR) is 43.0 cm³/mol. The van der Waals surface area contributed by atoms with Crippen molar-refractivity contribution in [1.29, 1.82) is 5.26 Å². The van der Waals surface area contributed by atoms with Gasteiger partial charge in [-0.1, -0.05) is 0 Å². The molecule has 0 amide bonds. The SMILES string of the molecule is CN1[C@@H]2CCC[C@@]1(C#N)CC2. The average molecular weight is 150 g/mol. The van der Waals surface area contributed by atoms with Gasteiger partial charge in [0.05, 0.1) is 6.07 Å². The van der Waals surface area contributed by atoms with Crippen molar-refractivity contribution in [3.63, 3.8) is 0 Å². The van der Waals surface area contributed by atoms with Crippen LogP contribution in [0.25, 0.3) is 0 Å². The maximum Gasteiger partial charge on any atom is 0.109 e. The molecule has 2 atom stereocenters. The maximum atomic E-state index is 9.05. The van der Waals surface area contributed by atoms with Crippen molar-refractivity contribution in [2.24, 2.45) is 0 Å². The van der Waals surface area contributed by atoms with Crippen LogP contribution < -0.4 is 0 Å². The van der Waals surface area contributed by atoms with Crippen LogP contribution in [-0.4, -0.2) is 23.5 Å². The van der Waals surface area contributed by atoms with E-state index >= 15 is 0 Å². The van der Waals surface area contributed by atoms with E-state index < -0.39 is 0 Å². The van der Waals surface area contributed by atoms with Crippen LogP contribution in [-0.2, 0) is 0 Å². The molecule has 0 N–H and O–H groups in total. The van der Waals surface area contributed by atoms with Crippen LogP contribution >= 0.6 is 0 Å². The summed E-state index contributed by atoms with van der Waals surface area (Å²) in [6.45, 7) is 0. The third-order valence-electron chi connectivity index (χ3n) is 3.45. The molecule has 11 heavy (non-hydrogen) atoms. The molecule has 0 aromatic rings. The minimum atomic E-state index is -0.0666. The van der Waals surface area contributed by atoms with Crippen molar-refractivity contribution in [3.05, 3.63) is 0 Å². The van der Waals surface area contributed by atoms with Crippen LogP contribution in [0.2, 0.25) is 0 Å². The van der Waals surface area contributed by atoms with Gasteiger partial charge in [-0.05, 0) is 39.2 Å². The van der Waals surface area contributed by atoms with Crippen LogP contribution in [0.3, 0.4) is 0 Å². The second kappa shape index (κ2) is 2.22. The van der Waals surface area contributed by atoms with Gasteiger partial charge in [-0.15, -0.1) is 0 Å². The lowest BCUT2D eigenvalue weighted by Crippen LogP contribution is -2.46. The number of fused-ring (bicyclic) bond motifs is 2. The zero-order valence-corrected chi connectivity index (χ0v) is 7.01. The topological polar surface area (TPSA) is 27.0 Å². The highest BCUT2D eigenvalue weighted by atomic mass is 15.2. The fourth-order valence-corrected chi connectivity index (χ4v) is 2.59. The molecule has 2 fully saturated rings. The Labute approximate surface area is 67.8 Å². The van der Waals surface area contributed by atoms with Gasteiger partial charge in [-0.25, -0.2) is 0 Å². The smallest absolute Gasteiger partial charge is 0.109 e. The molecule has 2 heterocycles. The number of hydrogen-bond acceptors (Lipinski definition) is 2. The van der Waals surface area contributed by atoms with E-state index in [1.807, 2.05) is 0 Å². The van der Waals surface area contributed by atoms with Crippen LogP contribution in [0.4, 0.5) is 0 Å². The first kappa shape index (κ1) is 7.12. The van der Waals surface area contributed by atoms with Crippen LogP contribution in [0.15, 0.2) is 0 Å². The van der Waals surface area contributed by atoms with Gasteiger partial charge < -0.3 is 0 Å². The summed E-state index contributed by atoms with van der Waals surface area (Å²) in [5.41, 5.74) is -0.0666. The summed E-state index contributed by atoms with van der Waals surface area (Å²) in [6, 6.07) is 3.20. The summed E-state index contributed by atoms with van der Waals surface area (Å²) in [6.07, 6.45) is 5.99. The van der Waals surface area contributed by atoms with Crippen molar-refractivity contribution in [3.8, 4) is 6.07 Å². The Kier molecular flexibility index (Phi) is 1.43. The molecule has 0 aromatic heterocycles. The number of nitrogens with zero attached hydrogens (tertiary/aromatic N) is 2. The summed E-state index contributed by atoms with van der Waals surface area (Å²) < 4.78 is 0. The Hall–Kier alpha value is -0.550. The van der Waals surface area contributed by atoms with Gasteiger partial charge in [-0.2, -0.15) is 5.26 Å². The summed E-state index contributed by atoms with van der Waals surface area (Å²) >= 11 is 0. The maximum absolute atomic E-state index is 9.05. The zero-order valence-electron chi connectivity index (χ0n) is 7.01. The standard InChI is InChI=1S/C9H14N2/c1-11-8-3-2-5-9(11,7-10)6-4-8/h8H,2-6H2,1H3/t8-,9+/m1/s1. The van der Waals surface area contributed by atoms with Crippen molar-refractivity contribution >= 4 is 0 Å². The highest BCUT2D eigenvalue weighted by Gasteiger charge is 2.46. The van der Waals surface area contributed by atoms with Crippen LogP contribution in [0.1, 0.15) is 32.1 Å². The predicted octanol–water partition coefficient (Wildman–Crippen LogP) is 1.53. The molecule has 0 unspecified atom stereocenters. The van der Waals surface area contributed by atoms with E-state index in [1.54, 1.807) is 0 Å². The van der Waals surface area contributed by atoms with Crippen molar-refractivity contribution < 1.29 is 0 Å². The summed E-state index contributed by atoms with van der Waals surface area (Å²) in [4.78, 5) is 2.30. The van der Waals surface area contributed by atoms with E-state index in [2.05, 4.69) is 18.0 Å². The highest BCUT2D eigenvalue weighted by molar-refractivity contribution is 5.15. The number of nitriles is 1. The van der Waals surface area contributed by atoms with E-state index in [4.69, 9.17) is 5.26 Å². The molecule has 0 spiro atoms. The normalized spacial score (nSPS) is 43.8. The molecule has 0 aliphatic carbocycles. The molecule has 2 rings (SSSR count). The second-order valence-corrected chi connectivity index (χ2v) is 3.84. The molecular weight excluding hydrogens is 136 g/mol. The summed E-state index contributed by atoms with van der Waals surface area (Å²) in [5.74, 6) is 0. The summed E-state index contributed by atoms with van der Waals surface area (Å²) in [7, 11) is 2.11. The molecule has 2 bridgehead atoms. The van der Waals surface area contributed by atoms with Crippen LogP contribution in [0, 0.1) is 11.3 Å². The van der Waals surface area contributed by atoms with E-state index in [0.29, 0.717) is 6.04 Å². The molecule has 0 aromatic carbocycles. The lowest BCUT2D eigenvalue weighted by molar-refractivity contribution is 0.128. The lowest BCUT2D eigenvalue weighted by atomic mass is 9.90. The van der Waals surface area contributed by atoms with Gasteiger partial charge in [0.25, 0.3) is 0 Å². The Morgan fingerprint density at radius 3 is 2.91 bits per heavy atom. The Balaban J connectivity index is 2.28. The second-order valence-electron chi connectivity index (χ2n) is 3.84. The van der Waals surface area contributed by atoms with E-state index in [0.717, 1.165) is 12.8 Å². The largest absolute Gasteiger partial charge is 0.286 e. The van der Waals surface area contributed by atoms with E-state index in [1.165, 1.54) is 19.3 Å². The van der Waals surface area contributed by atoms with Crippen molar-refractivity contribution in [2.75, 3.05) is 7.05 Å². The van der Waals surface area contributed by atoms with Gasteiger partial charge in [0, 0.05) is 6.04 Å². The Morgan fingerprint density at radius 2 is 2.27 bits per heavy atom. The molecule has 0 saturated carbocycles. The first-order valence-electron chi connectivity index (χ1n) is 4.43. The van der Waals surface area contributed by atoms with Crippen LogP contribution in [0.5, 0.6) is 0 Å². The fourth-order valence-electron chi connectivity index (χ4n) is 2.59. The van der Waals surface area contributed by atoms with E-state index in [9.17, 15) is 0 Å². The first-order valence-corrected chi connectivity index (χ1v) is 4.43. The van der Waals surface area contributed by atoms with Gasteiger partial charge in [-0.3, -0.25) is 4.90 Å². The van der Waals surface area contributed by atoms with Gasteiger partial charge >= 0.3 is 0 Å². The Morgan fingerprint density at radius 1 is 1.45 bits per heavy atom. The molecule has 2 nitrogen and oxygen atoms in total. The van der Waals surface area contributed by atoms with Crippen molar-refractivity contribution in [2.45, 2.75) is 43.7 Å². The molecule has 60 valence electrons. The third kappa shape index (κ3) is 0.810. The lowest BCUT2D eigenvalue weighted by Gasteiger charge is -2.37. The molecular formula is C9H14N2. The highest BCUT2D eigenvalue weighted by Crippen LogP contribution is 2.42. The summed E-state index contributed by atoms with van der Waals surface area (Å²) in [5, 5.41) is 9.05. The minimum absolute atomic E-state index is 0.0666. The average Bonchev–Trinajstić information content (AvgIpc) is 2.25. The third-order valence-corrected chi connectivity index (χ3v) is 3.45. The molecule has 2 aliphatic rings. The monoisotopic (exact) mass is 150 g/mol. The minimum Gasteiger partial charge on any atom is -0.286 e. The number of hydrogen-bond donors (Lipinski definition) is 0. The molecule has 0 radical (unpaired) electrons. The van der Waals surface area contributed by atoms with Gasteiger partial charge in [0.2, 0.25) is 0 Å². The molecule has 2 aliphatic heterocycles. The molecule has 2 saturated heterocycles. The molecule has 2 heteroatoms. The Bertz CT molecular complexity index is 202. The van der Waals surface area contributed by atoms with Crippen molar-refractivity contribution in [1.82, 2.24) is 4.90 Å². The quantitative estimate of drug-likeness (QED) is 0.523. The first-order chi connectivity index (χ1) is 5.28. The fraction of sp³-hybridized carbons (Fsp3) is 0.889. The van der Waals surface area contributed by atoms with E-state index in [-0.39, 0.29) is 5.54 Å². The number of piperidine rings is 1.